The third kappa shape index (κ3) is 3.23. The van der Waals surface area contributed by atoms with Crippen molar-refractivity contribution in [3.05, 3.63) is 47.4 Å². The largest absolute Gasteiger partial charge is 0.322 e. The normalized spacial score (nSPS) is 10.4. The summed E-state index contributed by atoms with van der Waals surface area (Å²) in [4.78, 5) is 12.1. The lowest BCUT2D eigenvalue weighted by Crippen LogP contribution is -2.11. The molecule has 94 valence electrons. The Kier molecular flexibility index (Phi) is 4.64. The van der Waals surface area contributed by atoms with Gasteiger partial charge in [-0.25, -0.2) is 0 Å². The van der Waals surface area contributed by atoms with Crippen molar-refractivity contribution < 1.29 is 4.79 Å². The van der Waals surface area contributed by atoms with Crippen LogP contribution >= 0.6 is 59.1 Å². The van der Waals surface area contributed by atoms with E-state index in [0.29, 0.717) is 5.56 Å². The van der Waals surface area contributed by atoms with Crippen molar-refractivity contribution in [2.75, 3.05) is 5.32 Å². The van der Waals surface area contributed by atoms with Crippen molar-refractivity contribution in [1.82, 2.24) is 0 Å². The van der Waals surface area contributed by atoms with Gasteiger partial charge in [-0.05, 0) is 68.6 Å². The summed E-state index contributed by atoms with van der Waals surface area (Å²) in [7, 11) is 0. The van der Waals surface area contributed by atoms with E-state index in [0.717, 1.165) is 23.3 Å². The van der Waals surface area contributed by atoms with Crippen LogP contribution in [-0.4, -0.2) is 5.91 Å². The molecule has 2 rings (SSSR count). The lowest BCUT2D eigenvalue weighted by Gasteiger charge is -2.06. The zero-order valence-corrected chi connectivity index (χ0v) is 14.8. The average molecular weight is 454 g/mol. The maximum absolute atomic E-state index is 12.1. The second kappa shape index (κ2) is 5.86. The van der Waals surface area contributed by atoms with E-state index < -0.39 is 0 Å². The van der Waals surface area contributed by atoms with Crippen LogP contribution in [-0.2, 0) is 0 Å². The van der Waals surface area contributed by atoms with E-state index in [1.54, 1.807) is 6.07 Å². The Labute approximate surface area is 134 Å². The molecule has 0 fully saturated rings. The second-order valence-corrected chi connectivity index (χ2v) is 8.26. The van der Waals surface area contributed by atoms with Gasteiger partial charge < -0.3 is 5.32 Å². The van der Waals surface area contributed by atoms with E-state index in [1.165, 1.54) is 11.3 Å². The number of benzene rings is 1. The van der Waals surface area contributed by atoms with Gasteiger partial charge in [0.25, 0.3) is 5.91 Å². The lowest BCUT2D eigenvalue weighted by atomic mass is 10.2. The molecule has 0 saturated carbocycles. The van der Waals surface area contributed by atoms with Crippen LogP contribution in [0.25, 0.3) is 0 Å². The molecule has 1 aromatic heterocycles. The fraction of sp³-hybridized carbons (Fsp3) is 0.0833. The Bertz CT molecular complexity index is 609. The molecule has 0 aliphatic carbocycles. The van der Waals surface area contributed by atoms with Gasteiger partial charge in [-0.2, -0.15) is 0 Å². The van der Waals surface area contributed by atoms with Crippen LogP contribution in [0.4, 0.5) is 5.69 Å². The van der Waals surface area contributed by atoms with Crippen molar-refractivity contribution in [2.45, 2.75) is 6.92 Å². The number of carbonyl (C=O) groups excluding carboxylic acids is 1. The Morgan fingerprint density at radius 1 is 1.22 bits per heavy atom. The van der Waals surface area contributed by atoms with Crippen LogP contribution < -0.4 is 5.32 Å². The van der Waals surface area contributed by atoms with Gasteiger partial charge >= 0.3 is 0 Å². The molecular formula is C12H8Br3NOS. The Morgan fingerprint density at radius 3 is 2.50 bits per heavy atom. The fourth-order valence-electron chi connectivity index (χ4n) is 1.42. The van der Waals surface area contributed by atoms with Crippen LogP contribution in [0.5, 0.6) is 0 Å². The minimum atomic E-state index is -0.120. The van der Waals surface area contributed by atoms with E-state index in [4.69, 9.17) is 0 Å². The molecule has 0 aliphatic heterocycles. The third-order valence-corrected chi connectivity index (χ3v) is 5.55. The zero-order valence-electron chi connectivity index (χ0n) is 9.26. The van der Waals surface area contributed by atoms with E-state index in [-0.39, 0.29) is 5.91 Å². The van der Waals surface area contributed by atoms with Gasteiger partial charge in [-0.1, -0.05) is 15.9 Å². The van der Waals surface area contributed by atoms with E-state index >= 15 is 0 Å². The molecule has 1 N–H and O–H groups in total. The summed E-state index contributed by atoms with van der Waals surface area (Å²) < 4.78 is 2.77. The third-order valence-electron chi connectivity index (χ3n) is 2.32. The SMILES string of the molecule is Cc1cc(NC(=O)c2cc(Br)sc2Br)ccc1Br. The monoisotopic (exact) mass is 451 g/mol. The van der Waals surface area contributed by atoms with Gasteiger partial charge in [0.2, 0.25) is 0 Å². The minimum Gasteiger partial charge on any atom is -0.322 e. The predicted octanol–water partition coefficient (Wildman–Crippen LogP) is 5.60. The number of rotatable bonds is 2. The second-order valence-electron chi connectivity index (χ2n) is 3.66. The van der Waals surface area contributed by atoms with E-state index in [1.807, 2.05) is 25.1 Å². The summed E-state index contributed by atoms with van der Waals surface area (Å²) in [6, 6.07) is 7.51. The van der Waals surface area contributed by atoms with Crippen molar-refractivity contribution in [3.8, 4) is 0 Å². The summed E-state index contributed by atoms with van der Waals surface area (Å²) in [5, 5.41) is 2.88. The van der Waals surface area contributed by atoms with Gasteiger partial charge in [0.15, 0.2) is 0 Å². The van der Waals surface area contributed by atoms with Crippen molar-refractivity contribution >= 4 is 70.7 Å². The summed E-state index contributed by atoms with van der Waals surface area (Å²) in [6.07, 6.45) is 0. The first-order valence-electron chi connectivity index (χ1n) is 4.99. The number of halogens is 3. The maximum atomic E-state index is 12.1. The molecule has 0 unspecified atom stereocenters. The molecular weight excluding hydrogens is 446 g/mol. The lowest BCUT2D eigenvalue weighted by molar-refractivity contribution is 0.102. The minimum absolute atomic E-state index is 0.120. The summed E-state index contributed by atoms with van der Waals surface area (Å²) >= 11 is 11.6. The summed E-state index contributed by atoms with van der Waals surface area (Å²) in [5.41, 5.74) is 2.50. The van der Waals surface area contributed by atoms with E-state index in [9.17, 15) is 4.79 Å². The highest BCUT2D eigenvalue weighted by molar-refractivity contribution is 9.12. The Balaban J connectivity index is 2.21. The van der Waals surface area contributed by atoms with Gasteiger partial charge in [-0.3, -0.25) is 4.79 Å². The molecule has 2 aromatic rings. The zero-order chi connectivity index (χ0) is 13.3. The number of amides is 1. The molecule has 18 heavy (non-hydrogen) atoms. The fourth-order valence-corrected chi connectivity index (χ4v) is 4.46. The van der Waals surface area contributed by atoms with Crippen molar-refractivity contribution in [2.24, 2.45) is 0 Å². The molecule has 1 amide bonds. The molecule has 6 heteroatoms. The van der Waals surface area contributed by atoms with Crippen LogP contribution in [0, 0.1) is 6.92 Å². The standard InChI is InChI=1S/C12H8Br3NOS/c1-6-4-7(2-3-9(6)13)16-12(17)8-5-10(14)18-11(8)15/h2-5H,1H3,(H,16,17). The van der Waals surface area contributed by atoms with Gasteiger partial charge in [0.1, 0.15) is 0 Å². The Morgan fingerprint density at radius 2 is 1.94 bits per heavy atom. The van der Waals surface area contributed by atoms with Gasteiger partial charge in [-0.15, -0.1) is 11.3 Å². The molecule has 0 saturated heterocycles. The highest BCUT2D eigenvalue weighted by atomic mass is 79.9. The Hall–Kier alpha value is -0.170. The van der Waals surface area contributed by atoms with Gasteiger partial charge in [0.05, 0.1) is 13.1 Å². The molecule has 0 radical (unpaired) electrons. The molecule has 0 atom stereocenters. The van der Waals surface area contributed by atoms with Crippen molar-refractivity contribution in [3.63, 3.8) is 0 Å². The number of hydrogen-bond donors (Lipinski definition) is 1. The smallest absolute Gasteiger partial charge is 0.257 e. The molecule has 0 spiro atoms. The molecule has 0 bridgehead atoms. The molecule has 0 aliphatic rings. The highest BCUT2D eigenvalue weighted by Gasteiger charge is 2.13. The first-order valence-corrected chi connectivity index (χ1v) is 8.19. The van der Waals surface area contributed by atoms with Crippen LogP contribution in [0.1, 0.15) is 15.9 Å². The number of nitrogens with one attached hydrogen (secondary N) is 1. The quantitative estimate of drug-likeness (QED) is 0.630. The number of anilines is 1. The van der Waals surface area contributed by atoms with Crippen LogP contribution in [0.15, 0.2) is 36.3 Å². The van der Waals surface area contributed by atoms with E-state index in [2.05, 4.69) is 53.1 Å². The maximum Gasteiger partial charge on any atom is 0.257 e. The highest BCUT2D eigenvalue weighted by Crippen LogP contribution is 2.32. The number of thiophene rings is 1. The van der Waals surface area contributed by atoms with Crippen LogP contribution in [0.2, 0.25) is 0 Å². The van der Waals surface area contributed by atoms with Gasteiger partial charge in [0, 0.05) is 10.2 Å². The van der Waals surface area contributed by atoms with Crippen molar-refractivity contribution in [1.29, 1.82) is 0 Å². The average Bonchev–Trinajstić information content (AvgIpc) is 2.63. The first-order chi connectivity index (χ1) is 8.47. The number of hydrogen-bond acceptors (Lipinski definition) is 2. The first kappa shape index (κ1) is 14.2. The predicted molar refractivity (Wildman–Crippen MR) is 86.6 cm³/mol. The summed E-state index contributed by atoms with van der Waals surface area (Å²) in [5.74, 6) is -0.120. The van der Waals surface area contributed by atoms with Crippen LogP contribution in [0.3, 0.4) is 0 Å². The molecule has 1 aromatic carbocycles. The number of carbonyl (C=O) groups is 1. The summed E-state index contributed by atoms with van der Waals surface area (Å²) in [6.45, 7) is 1.98. The molecule has 2 nitrogen and oxygen atoms in total. The molecule has 1 heterocycles. The number of aryl methyl sites for hydroxylation is 1. The topological polar surface area (TPSA) is 29.1 Å².